The average molecular weight is 1280 g/mol. The number of hydrogen-bond donors (Lipinski definition) is 1. The van der Waals surface area contributed by atoms with Gasteiger partial charge in [0.2, 0.25) is 0 Å². The average Bonchev–Trinajstić information content (AvgIpc) is 2.88. The number of aromatic nitrogens is 5. The molecule has 0 radical (unpaired) electrons. The van der Waals surface area contributed by atoms with Gasteiger partial charge in [-0.15, -0.1) is 29.3 Å². The van der Waals surface area contributed by atoms with Crippen LogP contribution in [0.1, 0.15) is 79.0 Å². The number of pyridine rings is 1. The van der Waals surface area contributed by atoms with Crippen molar-refractivity contribution in [3.63, 3.8) is 0 Å². The molecule has 0 saturated heterocycles. The first-order valence-electron chi connectivity index (χ1n) is 28.8. The number of benzene rings is 9. The van der Waals surface area contributed by atoms with E-state index in [1.165, 1.54) is 27.0 Å². The summed E-state index contributed by atoms with van der Waals surface area (Å²) in [7, 11) is -1.76. The third-order valence-corrected chi connectivity index (χ3v) is 18.7. The van der Waals surface area contributed by atoms with Gasteiger partial charge in [0.1, 0.15) is 11.6 Å². The number of imidazole rings is 1. The molecule has 0 amide bonds. The molecule has 0 aliphatic heterocycles. The van der Waals surface area contributed by atoms with Crippen LogP contribution in [0.4, 0.5) is 0 Å². The van der Waals surface area contributed by atoms with Gasteiger partial charge in [-0.3, -0.25) is 9.55 Å². The summed E-state index contributed by atoms with van der Waals surface area (Å²) in [5.74, 6) is 0.934. The van der Waals surface area contributed by atoms with Crippen molar-refractivity contribution in [3.8, 4) is 67.7 Å². The summed E-state index contributed by atoms with van der Waals surface area (Å²) >= 11 is 0. The largest absolute Gasteiger partial charge is 0.507 e. The smallest absolute Gasteiger partial charge is 0.148 e. The predicted molar refractivity (Wildman–Crippen MR) is 349 cm³/mol. The number of nitrogens with zero attached hydrogens (tertiary/aromatic N) is 5. The normalized spacial score (nSPS) is 12.5. The van der Waals surface area contributed by atoms with Gasteiger partial charge in [-0.1, -0.05) is 220 Å². The van der Waals surface area contributed by atoms with Crippen LogP contribution in [-0.4, -0.2) is 36.8 Å². The Morgan fingerprint density at radius 2 is 1.02 bits per heavy atom. The molecule has 4 heterocycles. The van der Waals surface area contributed by atoms with E-state index < -0.39 is 8.07 Å². The third kappa shape index (κ3) is 9.66. The zero-order chi connectivity index (χ0) is 57.2. The first-order valence-corrected chi connectivity index (χ1v) is 32.3. The molecule has 8 heteroatoms. The summed E-state index contributed by atoms with van der Waals surface area (Å²) in [5, 5.41) is 18.8. The van der Waals surface area contributed by atoms with Gasteiger partial charge < -0.3 is 14.2 Å². The van der Waals surface area contributed by atoms with Gasteiger partial charge in [0.25, 0.3) is 0 Å². The van der Waals surface area contributed by atoms with Crippen molar-refractivity contribution in [1.29, 1.82) is 0 Å². The number of aromatic hydroxyl groups is 1. The van der Waals surface area contributed by atoms with Crippen LogP contribution in [0.15, 0.2) is 200 Å². The Kier molecular flexibility index (Phi) is 13.6. The van der Waals surface area contributed by atoms with Crippen LogP contribution in [0.2, 0.25) is 19.6 Å². The Morgan fingerprint density at radius 1 is 0.446 bits per heavy atom. The van der Waals surface area contributed by atoms with Crippen LogP contribution < -0.4 is 5.19 Å². The van der Waals surface area contributed by atoms with Crippen LogP contribution in [0, 0.1) is 6.07 Å². The predicted octanol–water partition coefficient (Wildman–Crippen LogP) is 19.2. The standard InChI is InChI=1S/C75H70N5OSi.Pt/c1-73(2,3)50-39-48(38-49(40-50)63-45-69-61(46-76-63)58-36-34-53(43-68(58)78(69)52-26-17-14-18-27-52)79-64-31-21-19-28-56(64)57-29-20-22-32-65(57)79)55-30-23-33-67-70(55)77-72(60-41-51(74(4,5)6)42-62(71(60)81)75(7,8)9)80(67)66-37-35-54(82(10,11)12)44-59(66)47-24-15-13-16-25-47;/h13-37,39-46,81H,1-12H3;/q-1;. The molecular formula is C75H70N5OPtSi-. The van der Waals surface area contributed by atoms with Crippen LogP contribution in [0.25, 0.3) is 117 Å². The molecule has 416 valence electrons. The Bertz CT molecular complexity index is 4620. The van der Waals surface area contributed by atoms with E-state index in [4.69, 9.17) is 9.97 Å². The van der Waals surface area contributed by atoms with Crippen LogP contribution in [0.5, 0.6) is 5.75 Å². The molecule has 0 bridgehead atoms. The van der Waals surface area contributed by atoms with Crippen LogP contribution in [-0.2, 0) is 37.3 Å². The minimum atomic E-state index is -1.76. The van der Waals surface area contributed by atoms with Crippen molar-refractivity contribution in [1.82, 2.24) is 23.7 Å². The van der Waals surface area contributed by atoms with Crippen LogP contribution >= 0.6 is 0 Å². The van der Waals surface area contributed by atoms with Gasteiger partial charge in [0.05, 0.1) is 52.4 Å². The first kappa shape index (κ1) is 55.4. The molecule has 13 aromatic rings. The summed E-state index contributed by atoms with van der Waals surface area (Å²) in [6, 6.07) is 74.3. The number of phenolic OH excluding ortho intramolecular Hbond substituents is 1. The van der Waals surface area contributed by atoms with Crippen molar-refractivity contribution in [2.24, 2.45) is 0 Å². The van der Waals surface area contributed by atoms with Crippen molar-refractivity contribution in [3.05, 3.63) is 223 Å². The van der Waals surface area contributed by atoms with Gasteiger partial charge >= 0.3 is 0 Å². The second kappa shape index (κ2) is 20.4. The minimum Gasteiger partial charge on any atom is -0.507 e. The van der Waals surface area contributed by atoms with Gasteiger partial charge in [-0.05, 0) is 88.0 Å². The molecule has 0 aliphatic rings. The van der Waals surface area contributed by atoms with Crippen LogP contribution in [0.3, 0.4) is 0 Å². The van der Waals surface area contributed by atoms with Crippen molar-refractivity contribution >= 4 is 67.9 Å². The fraction of sp³-hybridized carbons (Fsp3) is 0.200. The second-order valence-corrected chi connectivity index (χ2v) is 31.6. The Morgan fingerprint density at radius 3 is 1.67 bits per heavy atom. The van der Waals surface area contributed by atoms with Gasteiger partial charge in [-0.2, -0.15) is 0 Å². The van der Waals surface area contributed by atoms with E-state index in [2.05, 4.69) is 302 Å². The number of para-hydroxylation sites is 4. The van der Waals surface area contributed by atoms with E-state index in [1.807, 2.05) is 0 Å². The zero-order valence-corrected chi connectivity index (χ0v) is 52.8. The monoisotopic (exact) mass is 1280 g/mol. The Balaban J connectivity index is 0.00000680. The quantitative estimate of drug-likeness (QED) is 0.122. The van der Waals surface area contributed by atoms with Crippen molar-refractivity contribution in [2.45, 2.75) is 98.2 Å². The summed E-state index contributed by atoms with van der Waals surface area (Å²) in [6.45, 7) is 27.3. The molecule has 6 nitrogen and oxygen atoms in total. The topological polar surface area (TPSA) is 60.8 Å². The fourth-order valence-electron chi connectivity index (χ4n) is 12.1. The maximum atomic E-state index is 12.8. The molecule has 9 aromatic carbocycles. The molecule has 0 atom stereocenters. The molecule has 4 aromatic heterocycles. The third-order valence-electron chi connectivity index (χ3n) is 16.7. The van der Waals surface area contributed by atoms with E-state index in [-0.39, 0.29) is 43.1 Å². The van der Waals surface area contributed by atoms with Crippen molar-refractivity contribution in [2.75, 3.05) is 0 Å². The second-order valence-electron chi connectivity index (χ2n) is 26.5. The Labute approximate surface area is 503 Å². The fourth-order valence-corrected chi connectivity index (χ4v) is 13.3. The molecule has 1 N–H and O–H groups in total. The molecular weight excluding hydrogens is 1210 g/mol. The summed E-state index contributed by atoms with van der Waals surface area (Å²) < 4.78 is 7.09. The minimum absolute atomic E-state index is 0. The van der Waals surface area contributed by atoms with Crippen molar-refractivity contribution < 1.29 is 26.2 Å². The first-order chi connectivity index (χ1) is 39.1. The van der Waals surface area contributed by atoms with E-state index in [1.54, 1.807) is 0 Å². The number of rotatable bonds is 8. The molecule has 13 rings (SSSR count). The van der Waals surface area contributed by atoms with E-state index in [0.717, 1.165) is 100 Å². The molecule has 0 unspecified atom stereocenters. The number of hydrogen-bond acceptors (Lipinski definition) is 3. The SMILES string of the molecule is CC(C)(C)c1cc(-c2cc3c(cn2)c2ccc(-n4c5ccccc5c5ccccc54)cc2n3-c2ccccc2)[c-]c(-c2cccc3c2nc(-c2cc(C(C)(C)C)cc(C(C)(C)C)c2O)n3-c2ccc([Si](C)(C)C)cc2-c2ccccc2)c1.[Pt]. The molecule has 0 saturated carbocycles. The zero-order valence-electron chi connectivity index (χ0n) is 49.6. The van der Waals surface area contributed by atoms with E-state index in [9.17, 15) is 5.11 Å². The summed E-state index contributed by atoms with van der Waals surface area (Å²) in [4.78, 5) is 11.1. The molecule has 0 aliphatic carbocycles. The number of fused-ring (bicyclic) bond motifs is 7. The molecule has 83 heavy (non-hydrogen) atoms. The van der Waals surface area contributed by atoms with Gasteiger partial charge in [-0.25, -0.2) is 4.98 Å². The van der Waals surface area contributed by atoms with E-state index >= 15 is 0 Å². The van der Waals surface area contributed by atoms with Gasteiger partial charge in [0.15, 0.2) is 0 Å². The molecule has 0 fully saturated rings. The molecule has 0 spiro atoms. The maximum Gasteiger partial charge on any atom is 0.148 e. The maximum absolute atomic E-state index is 12.8. The number of phenols is 1. The van der Waals surface area contributed by atoms with E-state index in [0.29, 0.717) is 11.4 Å². The summed E-state index contributed by atoms with van der Waals surface area (Å²) in [5.41, 5.74) is 18.4. The van der Waals surface area contributed by atoms with Gasteiger partial charge in [0, 0.05) is 77.0 Å². The Hall–Kier alpha value is -8.09. The summed E-state index contributed by atoms with van der Waals surface area (Å²) in [6.07, 6.45) is 2.06.